The summed E-state index contributed by atoms with van der Waals surface area (Å²) >= 11 is 3.21. The molecule has 3 heterocycles. The molecule has 0 N–H and O–H groups in total. The molecule has 120 valence electrons. The molecule has 0 radical (unpaired) electrons. The van der Waals surface area contributed by atoms with Crippen LogP contribution in [0.3, 0.4) is 0 Å². The van der Waals surface area contributed by atoms with Gasteiger partial charge in [-0.1, -0.05) is 17.8 Å². The summed E-state index contributed by atoms with van der Waals surface area (Å²) in [5.41, 5.74) is 2.26. The molecule has 0 saturated heterocycles. The fourth-order valence-electron chi connectivity index (χ4n) is 2.52. The number of aromatic nitrogens is 3. The Balaban J connectivity index is 2.09. The molecule has 0 spiro atoms. The molecule has 1 unspecified atom stereocenters. The Labute approximate surface area is 143 Å². The molecule has 0 saturated carbocycles. The minimum atomic E-state index is 0.0697. The SMILES string of the molecule is CCn1c(SC(C)c2cccnc2)nc2sc(C)c(C)c2c1=O. The van der Waals surface area contributed by atoms with E-state index in [0.29, 0.717) is 6.54 Å². The van der Waals surface area contributed by atoms with Gasteiger partial charge in [0.2, 0.25) is 0 Å². The van der Waals surface area contributed by atoms with Crippen LogP contribution in [-0.2, 0) is 6.54 Å². The van der Waals surface area contributed by atoms with E-state index in [1.54, 1.807) is 33.9 Å². The van der Waals surface area contributed by atoms with Gasteiger partial charge in [0.15, 0.2) is 5.16 Å². The fourth-order valence-corrected chi connectivity index (χ4v) is 4.67. The quantitative estimate of drug-likeness (QED) is 0.521. The molecule has 3 rings (SSSR count). The number of rotatable bonds is 4. The van der Waals surface area contributed by atoms with Crippen LogP contribution in [-0.4, -0.2) is 14.5 Å². The standard InChI is InChI=1S/C17H19N3OS2/c1-5-20-16(21)14-10(2)11(3)22-15(14)19-17(20)23-12(4)13-7-6-8-18-9-13/h6-9,12H,5H2,1-4H3. The summed E-state index contributed by atoms with van der Waals surface area (Å²) in [5, 5.41) is 1.74. The average Bonchev–Trinajstić information content (AvgIpc) is 2.83. The Kier molecular flexibility index (Phi) is 4.55. The van der Waals surface area contributed by atoms with E-state index in [2.05, 4.69) is 18.0 Å². The molecule has 6 heteroatoms. The number of nitrogens with zero attached hydrogens (tertiary/aromatic N) is 3. The van der Waals surface area contributed by atoms with Crippen LogP contribution in [0.1, 0.15) is 35.1 Å². The van der Waals surface area contributed by atoms with E-state index in [0.717, 1.165) is 31.4 Å². The van der Waals surface area contributed by atoms with Gasteiger partial charge in [-0.15, -0.1) is 11.3 Å². The number of aryl methyl sites for hydroxylation is 2. The zero-order valence-corrected chi connectivity index (χ0v) is 15.3. The summed E-state index contributed by atoms with van der Waals surface area (Å²) in [4.78, 5) is 23.8. The van der Waals surface area contributed by atoms with E-state index < -0.39 is 0 Å². The van der Waals surface area contributed by atoms with E-state index in [1.807, 2.05) is 33.0 Å². The number of hydrogen-bond donors (Lipinski definition) is 0. The second-order valence-electron chi connectivity index (χ2n) is 5.45. The van der Waals surface area contributed by atoms with Crippen molar-refractivity contribution in [1.29, 1.82) is 0 Å². The van der Waals surface area contributed by atoms with Gasteiger partial charge in [0.25, 0.3) is 5.56 Å². The molecule has 0 aliphatic heterocycles. The third kappa shape index (κ3) is 2.93. The average molecular weight is 345 g/mol. The summed E-state index contributed by atoms with van der Waals surface area (Å²) in [7, 11) is 0. The number of pyridine rings is 1. The highest BCUT2D eigenvalue weighted by Crippen LogP contribution is 2.35. The Morgan fingerprint density at radius 1 is 1.39 bits per heavy atom. The predicted octanol–water partition coefficient (Wildman–Crippen LogP) is 4.34. The zero-order valence-electron chi connectivity index (χ0n) is 13.7. The normalized spacial score (nSPS) is 12.7. The predicted molar refractivity (Wildman–Crippen MR) is 97.5 cm³/mol. The van der Waals surface area contributed by atoms with Crippen LogP contribution in [0.4, 0.5) is 0 Å². The second kappa shape index (κ2) is 6.45. The van der Waals surface area contributed by atoms with Crippen molar-refractivity contribution in [3.05, 3.63) is 50.9 Å². The number of fused-ring (bicyclic) bond motifs is 1. The first kappa shape index (κ1) is 16.2. The van der Waals surface area contributed by atoms with Crippen molar-refractivity contribution in [3.8, 4) is 0 Å². The minimum Gasteiger partial charge on any atom is -0.287 e. The van der Waals surface area contributed by atoms with Crippen molar-refractivity contribution in [2.45, 2.75) is 44.6 Å². The molecule has 4 nitrogen and oxygen atoms in total. The molecule has 0 aliphatic carbocycles. The maximum atomic E-state index is 12.8. The summed E-state index contributed by atoms with van der Waals surface area (Å²) < 4.78 is 1.78. The van der Waals surface area contributed by atoms with E-state index in [4.69, 9.17) is 4.98 Å². The van der Waals surface area contributed by atoms with Crippen molar-refractivity contribution in [3.63, 3.8) is 0 Å². The molecule has 0 aliphatic rings. The highest BCUT2D eigenvalue weighted by Gasteiger charge is 2.18. The van der Waals surface area contributed by atoms with Gasteiger partial charge in [-0.05, 0) is 44.9 Å². The summed E-state index contributed by atoms with van der Waals surface area (Å²) in [5.74, 6) is 0. The molecule has 3 aromatic rings. The first-order valence-corrected chi connectivity index (χ1v) is 9.29. The van der Waals surface area contributed by atoms with Gasteiger partial charge in [-0.2, -0.15) is 0 Å². The Morgan fingerprint density at radius 3 is 2.83 bits per heavy atom. The number of hydrogen-bond acceptors (Lipinski definition) is 5. The topological polar surface area (TPSA) is 47.8 Å². The Hall–Kier alpha value is -1.66. The third-order valence-electron chi connectivity index (χ3n) is 4.01. The first-order chi connectivity index (χ1) is 11.0. The van der Waals surface area contributed by atoms with Crippen molar-refractivity contribution in [1.82, 2.24) is 14.5 Å². The summed E-state index contributed by atoms with van der Waals surface area (Å²) in [6.07, 6.45) is 3.63. The first-order valence-electron chi connectivity index (χ1n) is 7.60. The Morgan fingerprint density at radius 2 is 2.17 bits per heavy atom. The lowest BCUT2D eigenvalue weighted by Crippen LogP contribution is -2.22. The van der Waals surface area contributed by atoms with E-state index in [1.165, 1.54) is 0 Å². The fraction of sp³-hybridized carbons (Fsp3) is 0.353. The van der Waals surface area contributed by atoms with Crippen LogP contribution in [0, 0.1) is 13.8 Å². The van der Waals surface area contributed by atoms with Crippen LogP contribution in [0.5, 0.6) is 0 Å². The van der Waals surface area contributed by atoms with Crippen LogP contribution in [0.2, 0.25) is 0 Å². The molecule has 0 amide bonds. The van der Waals surface area contributed by atoms with Gasteiger partial charge >= 0.3 is 0 Å². The van der Waals surface area contributed by atoms with Crippen LogP contribution < -0.4 is 5.56 Å². The van der Waals surface area contributed by atoms with Gasteiger partial charge < -0.3 is 0 Å². The van der Waals surface area contributed by atoms with Crippen LogP contribution in [0.15, 0.2) is 34.5 Å². The third-order valence-corrected chi connectivity index (χ3v) is 6.26. The van der Waals surface area contributed by atoms with Crippen molar-refractivity contribution < 1.29 is 0 Å². The van der Waals surface area contributed by atoms with Crippen LogP contribution >= 0.6 is 23.1 Å². The monoisotopic (exact) mass is 345 g/mol. The maximum absolute atomic E-state index is 12.8. The van der Waals surface area contributed by atoms with E-state index >= 15 is 0 Å². The van der Waals surface area contributed by atoms with Gasteiger partial charge in [-0.3, -0.25) is 14.3 Å². The van der Waals surface area contributed by atoms with Gasteiger partial charge in [-0.25, -0.2) is 4.98 Å². The highest BCUT2D eigenvalue weighted by molar-refractivity contribution is 7.99. The molecule has 3 aromatic heterocycles. The molecule has 0 bridgehead atoms. The largest absolute Gasteiger partial charge is 0.287 e. The lowest BCUT2D eigenvalue weighted by molar-refractivity contribution is 0.634. The van der Waals surface area contributed by atoms with Crippen molar-refractivity contribution in [2.24, 2.45) is 0 Å². The van der Waals surface area contributed by atoms with Gasteiger partial charge in [0.1, 0.15) is 4.83 Å². The van der Waals surface area contributed by atoms with Crippen LogP contribution in [0.25, 0.3) is 10.2 Å². The van der Waals surface area contributed by atoms with Gasteiger partial charge in [0.05, 0.1) is 5.39 Å². The summed E-state index contributed by atoms with van der Waals surface area (Å²) in [6.45, 7) is 8.77. The number of thioether (sulfide) groups is 1. The Bertz CT molecular complexity index is 900. The molecule has 1 atom stereocenters. The molecule has 0 aromatic carbocycles. The minimum absolute atomic E-state index is 0.0697. The number of thiophene rings is 1. The second-order valence-corrected chi connectivity index (χ2v) is 7.96. The van der Waals surface area contributed by atoms with E-state index in [-0.39, 0.29) is 10.8 Å². The highest BCUT2D eigenvalue weighted by atomic mass is 32.2. The zero-order chi connectivity index (χ0) is 16.6. The lowest BCUT2D eigenvalue weighted by Gasteiger charge is -2.14. The van der Waals surface area contributed by atoms with E-state index in [9.17, 15) is 4.79 Å². The van der Waals surface area contributed by atoms with Crippen molar-refractivity contribution >= 4 is 33.3 Å². The molecular formula is C17H19N3OS2. The summed E-state index contributed by atoms with van der Waals surface area (Å²) in [6, 6.07) is 3.99. The van der Waals surface area contributed by atoms with Crippen molar-refractivity contribution in [2.75, 3.05) is 0 Å². The lowest BCUT2D eigenvalue weighted by atomic mass is 10.2. The maximum Gasteiger partial charge on any atom is 0.263 e. The smallest absolute Gasteiger partial charge is 0.263 e. The molecule has 0 fully saturated rings. The molecule has 23 heavy (non-hydrogen) atoms. The van der Waals surface area contributed by atoms with Gasteiger partial charge in [0, 0.05) is 29.1 Å². The molecular weight excluding hydrogens is 326 g/mol.